The SMILES string of the molecule is CC(C)C(NC(=O)Nc1cccc(C#N)c1)C(=O)N1CCCC1. The third-order valence-electron chi connectivity index (χ3n) is 3.89. The minimum Gasteiger partial charge on any atom is -0.341 e. The molecule has 1 aromatic carbocycles. The molecule has 1 aliphatic rings. The first-order chi connectivity index (χ1) is 11.0. The lowest BCUT2D eigenvalue weighted by Crippen LogP contribution is -2.51. The number of anilines is 1. The van der Waals surface area contributed by atoms with Gasteiger partial charge in [0.1, 0.15) is 6.04 Å². The van der Waals surface area contributed by atoms with Crippen LogP contribution < -0.4 is 10.6 Å². The largest absolute Gasteiger partial charge is 0.341 e. The van der Waals surface area contributed by atoms with Crippen LogP contribution in [0.3, 0.4) is 0 Å². The predicted octanol–water partition coefficient (Wildman–Crippen LogP) is 2.33. The lowest BCUT2D eigenvalue weighted by atomic mass is 10.0. The summed E-state index contributed by atoms with van der Waals surface area (Å²) >= 11 is 0. The third-order valence-corrected chi connectivity index (χ3v) is 3.89. The monoisotopic (exact) mass is 314 g/mol. The normalized spacial score (nSPS) is 15.1. The first-order valence-corrected chi connectivity index (χ1v) is 7.87. The van der Waals surface area contributed by atoms with Gasteiger partial charge in [-0.2, -0.15) is 5.26 Å². The van der Waals surface area contributed by atoms with Crippen molar-refractivity contribution in [2.75, 3.05) is 18.4 Å². The number of urea groups is 1. The van der Waals surface area contributed by atoms with Crippen LogP contribution in [-0.4, -0.2) is 36.0 Å². The lowest BCUT2D eigenvalue weighted by molar-refractivity contribution is -0.133. The Morgan fingerprint density at radius 1 is 1.26 bits per heavy atom. The molecule has 1 fully saturated rings. The maximum Gasteiger partial charge on any atom is 0.319 e. The molecule has 1 unspecified atom stereocenters. The molecule has 1 saturated heterocycles. The van der Waals surface area contributed by atoms with Gasteiger partial charge in [0.25, 0.3) is 0 Å². The van der Waals surface area contributed by atoms with Gasteiger partial charge >= 0.3 is 6.03 Å². The Morgan fingerprint density at radius 3 is 2.57 bits per heavy atom. The van der Waals surface area contributed by atoms with E-state index in [2.05, 4.69) is 10.6 Å². The molecular formula is C17H22N4O2. The smallest absolute Gasteiger partial charge is 0.319 e. The third kappa shape index (κ3) is 4.46. The number of nitriles is 1. The van der Waals surface area contributed by atoms with Gasteiger partial charge in [-0.05, 0) is 37.0 Å². The van der Waals surface area contributed by atoms with Gasteiger partial charge in [-0.3, -0.25) is 4.79 Å². The zero-order chi connectivity index (χ0) is 16.8. The van der Waals surface area contributed by atoms with Crippen molar-refractivity contribution in [3.8, 4) is 6.07 Å². The molecule has 0 radical (unpaired) electrons. The Labute approximate surface area is 136 Å². The summed E-state index contributed by atoms with van der Waals surface area (Å²) < 4.78 is 0. The molecule has 3 amide bonds. The number of carbonyl (C=O) groups excluding carboxylic acids is 2. The first-order valence-electron chi connectivity index (χ1n) is 7.87. The first kappa shape index (κ1) is 16.8. The number of hydrogen-bond acceptors (Lipinski definition) is 3. The summed E-state index contributed by atoms with van der Waals surface area (Å²) in [6.45, 7) is 5.34. The summed E-state index contributed by atoms with van der Waals surface area (Å²) in [5, 5.41) is 14.3. The van der Waals surface area contributed by atoms with Gasteiger partial charge in [-0.25, -0.2) is 4.79 Å². The van der Waals surface area contributed by atoms with Crippen LogP contribution >= 0.6 is 0 Å². The van der Waals surface area contributed by atoms with E-state index in [9.17, 15) is 9.59 Å². The van der Waals surface area contributed by atoms with E-state index in [1.54, 1.807) is 29.2 Å². The van der Waals surface area contributed by atoms with E-state index < -0.39 is 12.1 Å². The molecule has 1 heterocycles. The fourth-order valence-electron chi connectivity index (χ4n) is 2.62. The molecule has 1 aliphatic heterocycles. The van der Waals surface area contributed by atoms with Gasteiger partial charge in [0.15, 0.2) is 0 Å². The second-order valence-corrected chi connectivity index (χ2v) is 6.05. The van der Waals surface area contributed by atoms with Crippen LogP contribution in [0, 0.1) is 17.2 Å². The number of nitrogens with zero attached hydrogens (tertiary/aromatic N) is 2. The van der Waals surface area contributed by atoms with E-state index in [1.165, 1.54) is 0 Å². The Hall–Kier alpha value is -2.55. The molecule has 6 nitrogen and oxygen atoms in total. The fraction of sp³-hybridized carbons (Fsp3) is 0.471. The van der Waals surface area contributed by atoms with Crippen molar-refractivity contribution in [2.45, 2.75) is 32.7 Å². The number of likely N-dealkylation sites (tertiary alicyclic amines) is 1. The van der Waals surface area contributed by atoms with Gasteiger partial charge in [0, 0.05) is 18.8 Å². The van der Waals surface area contributed by atoms with E-state index in [0.29, 0.717) is 11.3 Å². The molecular weight excluding hydrogens is 292 g/mol. The standard InChI is InChI=1S/C17H22N4O2/c1-12(2)15(16(22)21-8-3-4-9-21)20-17(23)19-14-7-5-6-13(10-14)11-18/h5-7,10,12,15H,3-4,8-9H2,1-2H3,(H2,19,20,23). The number of rotatable bonds is 4. The van der Waals surface area contributed by atoms with Crippen molar-refractivity contribution in [3.05, 3.63) is 29.8 Å². The summed E-state index contributed by atoms with van der Waals surface area (Å²) in [6, 6.07) is 7.69. The van der Waals surface area contributed by atoms with E-state index in [4.69, 9.17) is 5.26 Å². The highest BCUT2D eigenvalue weighted by Crippen LogP contribution is 2.14. The Kier molecular flexibility index (Phi) is 5.58. The van der Waals surface area contributed by atoms with Crippen molar-refractivity contribution in [1.29, 1.82) is 5.26 Å². The summed E-state index contributed by atoms with van der Waals surface area (Å²) in [5.74, 6) is -0.0299. The molecule has 0 aliphatic carbocycles. The summed E-state index contributed by atoms with van der Waals surface area (Å²) in [4.78, 5) is 26.5. The zero-order valence-corrected chi connectivity index (χ0v) is 13.5. The molecule has 0 aromatic heterocycles. The van der Waals surface area contributed by atoms with Crippen molar-refractivity contribution in [2.24, 2.45) is 5.92 Å². The van der Waals surface area contributed by atoms with Gasteiger partial charge in [0.2, 0.25) is 5.91 Å². The maximum atomic E-state index is 12.5. The molecule has 6 heteroatoms. The highest BCUT2D eigenvalue weighted by Gasteiger charge is 2.30. The number of hydrogen-bond donors (Lipinski definition) is 2. The number of amides is 3. The van der Waals surface area contributed by atoms with E-state index >= 15 is 0 Å². The van der Waals surface area contributed by atoms with Gasteiger partial charge in [-0.15, -0.1) is 0 Å². The van der Waals surface area contributed by atoms with Crippen molar-refractivity contribution < 1.29 is 9.59 Å². The second kappa shape index (κ2) is 7.63. The second-order valence-electron chi connectivity index (χ2n) is 6.05. The van der Waals surface area contributed by atoms with Crippen molar-refractivity contribution >= 4 is 17.6 Å². The fourth-order valence-corrected chi connectivity index (χ4v) is 2.62. The molecule has 1 aromatic rings. The lowest BCUT2D eigenvalue weighted by Gasteiger charge is -2.26. The minimum absolute atomic E-state index is 0.000655. The molecule has 122 valence electrons. The van der Waals surface area contributed by atoms with Crippen LogP contribution in [0.2, 0.25) is 0 Å². The van der Waals surface area contributed by atoms with Crippen LogP contribution in [0.25, 0.3) is 0 Å². The molecule has 2 rings (SSSR count). The van der Waals surface area contributed by atoms with Crippen LogP contribution in [-0.2, 0) is 4.79 Å². The molecule has 0 spiro atoms. The van der Waals surface area contributed by atoms with Gasteiger partial charge in [0.05, 0.1) is 11.6 Å². The predicted molar refractivity (Wildman–Crippen MR) is 87.8 cm³/mol. The molecule has 23 heavy (non-hydrogen) atoms. The number of carbonyl (C=O) groups is 2. The van der Waals surface area contributed by atoms with E-state index in [-0.39, 0.29) is 11.8 Å². The quantitative estimate of drug-likeness (QED) is 0.894. The van der Waals surface area contributed by atoms with E-state index in [1.807, 2.05) is 19.9 Å². The highest BCUT2D eigenvalue weighted by molar-refractivity contribution is 5.94. The number of benzene rings is 1. The summed E-state index contributed by atoms with van der Waals surface area (Å²) in [7, 11) is 0. The summed E-state index contributed by atoms with van der Waals surface area (Å²) in [6.07, 6.45) is 2.04. The van der Waals surface area contributed by atoms with Gasteiger partial charge < -0.3 is 15.5 Å². The van der Waals surface area contributed by atoms with Crippen LogP contribution in [0.5, 0.6) is 0 Å². The summed E-state index contributed by atoms with van der Waals surface area (Å²) in [5.41, 5.74) is 0.994. The average Bonchev–Trinajstić information content (AvgIpc) is 3.06. The highest BCUT2D eigenvalue weighted by atomic mass is 16.2. The molecule has 0 saturated carbocycles. The van der Waals surface area contributed by atoms with E-state index in [0.717, 1.165) is 25.9 Å². The molecule has 2 N–H and O–H groups in total. The topological polar surface area (TPSA) is 85.2 Å². The Balaban J connectivity index is 2.00. The number of nitrogens with one attached hydrogen (secondary N) is 2. The van der Waals surface area contributed by atoms with Crippen LogP contribution in [0.15, 0.2) is 24.3 Å². The van der Waals surface area contributed by atoms with Crippen LogP contribution in [0.4, 0.5) is 10.5 Å². The Bertz CT molecular complexity index is 615. The Morgan fingerprint density at radius 2 is 1.96 bits per heavy atom. The minimum atomic E-state index is -0.549. The average molecular weight is 314 g/mol. The molecule has 1 atom stereocenters. The van der Waals surface area contributed by atoms with Crippen LogP contribution in [0.1, 0.15) is 32.3 Å². The van der Waals surface area contributed by atoms with Gasteiger partial charge in [-0.1, -0.05) is 19.9 Å². The maximum absolute atomic E-state index is 12.5. The van der Waals surface area contributed by atoms with Crippen molar-refractivity contribution in [1.82, 2.24) is 10.2 Å². The molecule has 0 bridgehead atoms. The zero-order valence-electron chi connectivity index (χ0n) is 13.5. The van der Waals surface area contributed by atoms with Crippen molar-refractivity contribution in [3.63, 3.8) is 0 Å².